The number of hydrogen-bond acceptors (Lipinski definition) is 5. The van der Waals surface area contributed by atoms with Crippen molar-refractivity contribution in [3.8, 4) is 22.8 Å². The van der Waals surface area contributed by atoms with Crippen molar-refractivity contribution in [3.63, 3.8) is 0 Å². The summed E-state index contributed by atoms with van der Waals surface area (Å²) in [5.74, 6) is -1.48. The van der Waals surface area contributed by atoms with Gasteiger partial charge in [0, 0.05) is 24.1 Å². The third kappa shape index (κ3) is 2.18. The van der Waals surface area contributed by atoms with E-state index in [1.807, 2.05) is 0 Å². The maximum atomic E-state index is 14.0. The van der Waals surface area contributed by atoms with Crippen molar-refractivity contribution in [3.05, 3.63) is 29.8 Å². The van der Waals surface area contributed by atoms with E-state index in [-0.39, 0.29) is 17.0 Å². The van der Waals surface area contributed by atoms with Crippen molar-refractivity contribution < 1.29 is 28.3 Å². The number of rotatable bonds is 2. The molecule has 1 aromatic carbocycles. The number of nitrogens with zero attached hydrogens (tertiary/aromatic N) is 1. The molecule has 6 nitrogen and oxygen atoms in total. The molecule has 7 heteroatoms. The molecule has 20 heavy (non-hydrogen) atoms. The fourth-order valence-corrected chi connectivity index (χ4v) is 1.88. The number of fused-ring (bicyclic) bond motifs is 1. The Morgan fingerprint density at radius 2 is 1.90 bits per heavy atom. The Morgan fingerprint density at radius 3 is 2.55 bits per heavy atom. The summed E-state index contributed by atoms with van der Waals surface area (Å²) in [6.45, 7) is 0.927. The van der Waals surface area contributed by atoms with Gasteiger partial charge < -0.3 is 19.1 Å². The second kappa shape index (κ2) is 4.84. The molecule has 0 unspecified atom stereocenters. The first-order chi connectivity index (χ1) is 9.65. The van der Waals surface area contributed by atoms with Gasteiger partial charge in [0.2, 0.25) is 5.76 Å². The zero-order valence-corrected chi connectivity index (χ0v) is 10.3. The molecular formula is C13H10FNO5. The second-order valence-corrected chi connectivity index (χ2v) is 4.21. The topological polar surface area (TPSA) is 81.8 Å². The Morgan fingerprint density at radius 1 is 1.20 bits per heavy atom. The lowest BCUT2D eigenvalue weighted by atomic mass is 10.1. The van der Waals surface area contributed by atoms with E-state index in [9.17, 15) is 9.18 Å². The summed E-state index contributed by atoms with van der Waals surface area (Å²) in [5.41, 5.74) is 0.195. The fraction of sp³-hybridized carbons (Fsp3) is 0.231. The highest BCUT2D eigenvalue weighted by atomic mass is 19.1. The Kier molecular flexibility index (Phi) is 3.02. The van der Waals surface area contributed by atoms with Gasteiger partial charge in [-0.1, -0.05) is 5.16 Å². The monoisotopic (exact) mass is 279 g/mol. The van der Waals surface area contributed by atoms with Crippen molar-refractivity contribution in [2.75, 3.05) is 13.2 Å². The van der Waals surface area contributed by atoms with Gasteiger partial charge in [0.1, 0.15) is 11.5 Å². The average molecular weight is 279 g/mol. The number of hydrogen-bond donors (Lipinski definition) is 1. The summed E-state index contributed by atoms with van der Waals surface area (Å²) in [4.78, 5) is 10.7. The lowest BCUT2D eigenvalue weighted by Crippen LogP contribution is -1.97. The molecular weight excluding hydrogens is 269 g/mol. The Labute approximate surface area is 112 Å². The maximum absolute atomic E-state index is 14.0. The quantitative estimate of drug-likeness (QED) is 0.908. The number of aromatic nitrogens is 1. The van der Waals surface area contributed by atoms with Crippen LogP contribution in [0.2, 0.25) is 0 Å². The normalized spacial score (nSPS) is 13.8. The zero-order valence-electron chi connectivity index (χ0n) is 10.3. The lowest BCUT2D eigenvalue weighted by molar-refractivity contribution is 0.0652. The van der Waals surface area contributed by atoms with E-state index in [1.54, 1.807) is 0 Å². The van der Waals surface area contributed by atoms with Crippen LogP contribution in [0.25, 0.3) is 11.3 Å². The molecule has 1 aliphatic heterocycles. The summed E-state index contributed by atoms with van der Waals surface area (Å²) in [6.07, 6.45) is 0.707. The van der Waals surface area contributed by atoms with Gasteiger partial charge in [-0.25, -0.2) is 9.18 Å². The van der Waals surface area contributed by atoms with Crippen LogP contribution < -0.4 is 9.47 Å². The van der Waals surface area contributed by atoms with E-state index < -0.39 is 11.8 Å². The van der Waals surface area contributed by atoms with Gasteiger partial charge in [-0.15, -0.1) is 0 Å². The van der Waals surface area contributed by atoms with Crippen molar-refractivity contribution in [2.24, 2.45) is 0 Å². The molecule has 3 rings (SSSR count). The van der Waals surface area contributed by atoms with Crippen molar-refractivity contribution in [2.45, 2.75) is 6.42 Å². The molecule has 0 saturated heterocycles. The number of aromatic carboxylic acids is 1. The van der Waals surface area contributed by atoms with E-state index in [0.717, 1.165) is 6.07 Å². The summed E-state index contributed by atoms with van der Waals surface area (Å²) in [5, 5.41) is 12.3. The third-order valence-electron chi connectivity index (χ3n) is 2.83. The smallest absolute Gasteiger partial charge is 0.374 e. The van der Waals surface area contributed by atoms with Crippen molar-refractivity contribution in [1.29, 1.82) is 0 Å². The molecule has 1 N–H and O–H groups in total. The zero-order chi connectivity index (χ0) is 14.1. The highest BCUT2D eigenvalue weighted by Gasteiger charge is 2.19. The molecule has 0 saturated carbocycles. The second-order valence-electron chi connectivity index (χ2n) is 4.21. The maximum Gasteiger partial charge on any atom is 0.374 e. The number of benzene rings is 1. The van der Waals surface area contributed by atoms with Crippen LogP contribution in [-0.2, 0) is 0 Å². The third-order valence-corrected chi connectivity index (χ3v) is 2.83. The molecule has 2 aromatic rings. The number of ether oxygens (including phenoxy) is 2. The standard InChI is InChI=1S/C13H10FNO5/c14-8-5-11-10(18-2-1-3-19-11)4-7(8)9-6-12(13(16)17)20-15-9/h4-6H,1-3H2,(H,16,17). The minimum Gasteiger partial charge on any atom is -0.490 e. The van der Waals surface area contributed by atoms with E-state index in [0.29, 0.717) is 31.1 Å². The summed E-state index contributed by atoms with van der Waals surface area (Å²) in [6, 6.07) is 3.79. The predicted molar refractivity (Wildman–Crippen MR) is 64.5 cm³/mol. The minimum atomic E-state index is -1.27. The fourth-order valence-electron chi connectivity index (χ4n) is 1.88. The SMILES string of the molecule is O=C(O)c1cc(-c2cc3c(cc2F)OCCCO3)no1. The Bertz CT molecular complexity index is 667. The van der Waals surface area contributed by atoms with Gasteiger partial charge in [0.05, 0.1) is 13.2 Å². The van der Waals surface area contributed by atoms with E-state index in [2.05, 4.69) is 9.68 Å². The van der Waals surface area contributed by atoms with Crippen LogP contribution in [0.1, 0.15) is 17.0 Å². The van der Waals surface area contributed by atoms with E-state index in [4.69, 9.17) is 14.6 Å². The molecule has 0 aliphatic carbocycles. The van der Waals surface area contributed by atoms with Gasteiger partial charge >= 0.3 is 5.97 Å². The van der Waals surface area contributed by atoms with E-state index >= 15 is 0 Å². The minimum absolute atomic E-state index is 0.0931. The first-order valence-corrected chi connectivity index (χ1v) is 5.94. The number of carboxylic acid groups (broad SMARTS) is 1. The van der Waals surface area contributed by atoms with Crippen LogP contribution in [0.5, 0.6) is 11.5 Å². The molecule has 1 aromatic heterocycles. The first kappa shape index (κ1) is 12.5. The van der Waals surface area contributed by atoms with Gasteiger partial charge in [0.15, 0.2) is 11.5 Å². The van der Waals surface area contributed by atoms with Crippen LogP contribution >= 0.6 is 0 Å². The van der Waals surface area contributed by atoms with Crippen molar-refractivity contribution >= 4 is 5.97 Å². The van der Waals surface area contributed by atoms with Crippen LogP contribution in [0.4, 0.5) is 4.39 Å². The lowest BCUT2D eigenvalue weighted by Gasteiger charge is -2.09. The van der Waals surface area contributed by atoms with E-state index in [1.165, 1.54) is 12.1 Å². The largest absolute Gasteiger partial charge is 0.490 e. The van der Waals surface area contributed by atoms with Crippen LogP contribution in [0, 0.1) is 5.82 Å². The molecule has 2 heterocycles. The Balaban J connectivity index is 2.04. The summed E-state index contributed by atoms with van der Waals surface area (Å²) >= 11 is 0. The average Bonchev–Trinajstić information content (AvgIpc) is 2.79. The summed E-state index contributed by atoms with van der Waals surface area (Å²) in [7, 11) is 0. The van der Waals surface area contributed by atoms with Crippen LogP contribution in [0.15, 0.2) is 22.7 Å². The van der Waals surface area contributed by atoms with Gasteiger partial charge in [-0.05, 0) is 6.07 Å². The number of carboxylic acids is 1. The number of carbonyl (C=O) groups is 1. The van der Waals surface area contributed by atoms with Gasteiger partial charge in [0.25, 0.3) is 0 Å². The molecule has 0 bridgehead atoms. The molecule has 0 amide bonds. The van der Waals surface area contributed by atoms with Crippen LogP contribution in [0.3, 0.4) is 0 Å². The molecule has 0 spiro atoms. The summed E-state index contributed by atoms with van der Waals surface area (Å²) < 4.78 is 29.5. The molecule has 104 valence electrons. The first-order valence-electron chi connectivity index (χ1n) is 5.94. The van der Waals surface area contributed by atoms with Crippen LogP contribution in [-0.4, -0.2) is 29.4 Å². The highest BCUT2D eigenvalue weighted by Crippen LogP contribution is 2.36. The van der Waals surface area contributed by atoms with Gasteiger partial charge in [-0.3, -0.25) is 0 Å². The molecule has 1 aliphatic rings. The number of halogens is 1. The van der Waals surface area contributed by atoms with Crippen molar-refractivity contribution in [1.82, 2.24) is 5.16 Å². The molecule has 0 atom stereocenters. The molecule has 0 radical (unpaired) electrons. The Hall–Kier alpha value is -2.57. The highest BCUT2D eigenvalue weighted by molar-refractivity contribution is 5.85. The predicted octanol–water partition coefficient (Wildman–Crippen LogP) is 2.34. The van der Waals surface area contributed by atoms with Gasteiger partial charge in [-0.2, -0.15) is 0 Å². The molecule has 0 fully saturated rings.